The van der Waals surface area contributed by atoms with E-state index < -0.39 is 6.04 Å². The summed E-state index contributed by atoms with van der Waals surface area (Å²) in [7, 11) is 0. The molecule has 0 unspecified atom stereocenters. The first-order valence-electron chi connectivity index (χ1n) is 6.79. The maximum absolute atomic E-state index is 12.2. The molecule has 0 aliphatic carbocycles. The highest BCUT2D eigenvalue weighted by atomic mass is 79.9. The lowest BCUT2D eigenvalue weighted by Crippen LogP contribution is -2.41. The van der Waals surface area contributed by atoms with Crippen LogP contribution in [-0.2, 0) is 4.79 Å². The van der Waals surface area contributed by atoms with Gasteiger partial charge in [-0.1, -0.05) is 0 Å². The lowest BCUT2D eigenvalue weighted by atomic mass is 10.3. The molecule has 2 N–H and O–H groups in total. The average Bonchev–Trinajstić information content (AvgIpc) is 3.07. The van der Waals surface area contributed by atoms with E-state index in [-0.39, 0.29) is 17.9 Å². The number of nitrogens with zero attached hydrogens (tertiary/aromatic N) is 2. The molecule has 0 bridgehead atoms. The highest BCUT2D eigenvalue weighted by molar-refractivity contribution is 9.11. The zero-order chi connectivity index (χ0) is 16.3. The normalized spacial score (nSPS) is 12.2. The van der Waals surface area contributed by atoms with Crippen LogP contribution in [-0.4, -0.2) is 27.6 Å². The van der Waals surface area contributed by atoms with Crippen LogP contribution >= 0.6 is 27.3 Å². The SMILES string of the molecule is CC(C)n1nccc1NC(=O)[C@@H](C)NC(=O)c1ccc(Br)s1. The summed E-state index contributed by atoms with van der Waals surface area (Å²) in [6.07, 6.45) is 1.63. The van der Waals surface area contributed by atoms with Gasteiger partial charge in [0.25, 0.3) is 5.91 Å². The first-order chi connectivity index (χ1) is 10.4. The fraction of sp³-hybridized carbons (Fsp3) is 0.357. The molecule has 0 aliphatic rings. The maximum Gasteiger partial charge on any atom is 0.262 e. The number of halogens is 1. The van der Waals surface area contributed by atoms with Crippen molar-refractivity contribution in [2.45, 2.75) is 32.9 Å². The molecule has 0 radical (unpaired) electrons. The van der Waals surface area contributed by atoms with Crippen molar-refractivity contribution in [2.24, 2.45) is 0 Å². The van der Waals surface area contributed by atoms with Gasteiger partial charge in [-0.25, -0.2) is 4.68 Å². The fourth-order valence-corrected chi connectivity index (χ4v) is 3.12. The largest absolute Gasteiger partial charge is 0.340 e. The summed E-state index contributed by atoms with van der Waals surface area (Å²) in [5.74, 6) is 0.0575. The first kappa shape index (κ1) is 16.7. The van der Waals surface area contributed by atoms with Crippen molar-refractivity contribution in [3.8, 4) is 0 Å². The Morgan fingerprint density at radius 3 is 2.59 bits per heavy atom. The molecule has 2 rings (SSSR count). The number of thiophene rings is 1. The molecule has 0 fully saturated rings. The van der Waals surface area contributed by atoms with Gasteiger partial charge in [0.05, 0.1) is 14.9 Å². The van der Waals surface area contributed by atoms with Gasteiger partial charge in [-0.05, 0) is 48.8 Å². The topological polar surface area (TPSA) is 76.0 Å². The van der Waals surface area contributed by atoms with Gasteiger partial charge in [0.2, 0.25) is 5.91 Å². The summed E-state index contributed by atoms with van der Waals surface area (Å²) in [6, 6.07) is 4.72. The molecule has 2 heterocycles. The van der Waals surface area contributed by atoms with E-state index in [1.165, 1.54) is 11.3 Å². The van der Waals surface area contributed by atoms with E-state index in [9.17, 15) is 9.59 Å². The summed E-state index contributed by atoms with van der Waals surface area (Å²) in [5, 5.41) is 9.60. The lowest BCUT2D eigenvalue weighted by Gasteiger charge is -2.15. The monoisotopic (exact) mass is 384 g/mol. The Hall–Kier alpha value is -1.67. The van der Waals surface area contributed by atoms with Crippen molar-refractivity contribution in [3.05, 3.63) is 33.1 Å². The van der Waals surface area contributed by atoms with Crippen molar-refractivity contribution in [2.75, 3.05) is 5.32 Å². The van der Waals surface area contributed by atoms with Gasteiger partial charge in [0.1, 0.15) is 11.9 Å². The minimum absolute atomic E-state index is 0.138. The second-order valence-electron chi connectivity index (χ2n) is 5.04. The molecule has 2 amide bonds. The molecule has 0 spiro atoms. The third-order valence-electron chi connectivity index (χ3n) is 2.95. The van der Waals surface area contributed by atoms with E-state index in [1.54, 1.807) is 36.0 Å². The highest BCUT2D eigenvalue weighted by Gasteiger charge is 2.19. The Morgan fingerprint density at radius 2 is 2.00 bits per heavy atom. The molecule has 0 aromatic carbocycles. The van der Waals surface area contributed by atoms with Crippen molar-refractivity contribution in [1.29, 1.82) is 0 Å². The van der Waals surface area contributed by atoms with Gasteiger partial charge in [-0.2, -0.15) is 5.10 Å². The summed E-state index contributed by atoms with van der Waals surface area (Å²) >= 11 is 4.63. The van der Waals surface area contributed by atoms with Crippen molar-refractivity contribution in [3.63, 3.8) is 0 Å². The van der Waals surface area contributed by atoms with Crippen LogP contribution in [0.3, 0.4) is 0 Å². The van der Waals surface area contributed by atoms with E-state index in [2.05, 4.69) is 31.7 Å². The minimum atomic E-state index is -0.649. The van der Waals surface area contributed by atoms with Gasteiger partial charge in [-0.15, -0.1) is 11.3 Å². The number of carbonyl (C=O) groups excluding carboxylic acids is 2. The molecule has 22 heavy (non-hydrogen) atoms. The molecule has 0 saturated heterocycles. The minimum Gasteiger partial charge on any atom is -0.340 e. The highest BCUT2D eigenvalue weighted by Crippen LogP contribution is 2.22. The van der Waals surface area contributed by atoms with Gasteiger partial charge in [0.15, 0.2) is 0 Å². The van der Waals surface area contributed by atoms with Gasteiger partial charge in [0, 0.05) is 12.1 Å². The molecule has 0 aliphatic heterocycles. The van der Waals surface area contributed by atoms with Gasteiger partial charge in [-0.3, -0.25) is 9.59 Å². The van der Waals surface area contributed by atoms with Crippen LogP contribution in [0.2, 0.25) is 0 Å². The molecular formula is C14H17BrN4O2S. The van der Waals surface area contributed by atoms with Crippen LogP contribution in [0.1, 0.15) is 36.5 Å². The Bertz CT molecular complexity index is 680. The van der Waals surface area contributed by atoms with E-state index in [0.29, 0.717) is 10.7 Å². The van der Waals surface area contributed by atoms with Crippen molar-refractivity contribution < 1.29 is 9.59 Å². The first-order valence-corrected chi connectivity index (χ1v) is 8.40. The Labute approximate surface area is 141 Å². The van der Waals surface area contributed by atoms with E-state index in [1.807, 2.05) is 13.8 Å². The number of anilines is 1. The van der Waals surface area contributed by atoms with Crippen LogP contribution in [0.25, 0.3) is 0 Å². The quantitative estimate of drug-likeness (QED) is 0.831. The van der Waals surface area contributed by atoms with Gasteiger partial charge < -0.3 is 10.6 Å². The number of hydrogen-bond donors (Lipinski definition) is 2. The smallest absolute Gasteiger partial charge is 0.262 e. The van der Waals surface area contributed by atoms with Gasteiger partial charge >= 0.3 is 0 Å². The third-order valence-corrected chi connectivity index (χ3v) is 4.57. The number of amides is 2. The number of hydrogen-bond acceptors (Lipinski definition) is 4. The molecule has 2 aromatic rings. The summed E-state index contributed by atoms with van der Waals surface area (Å²) in [6.45, 7) is 5.59. The molecule has 118 valence electrons. The standard InChI is InChI=1S/C14H17BrN4O2S/c1-8(2)19-12(6-7-16-19)18-13(20)9(3)17-14(21)10-4-5-11(15)22-10/h4-9H,1-3H3,(H,17,21)(H,18,20)/t9-/m1/s1. The second kappa shape index (κ2) is 7.06. The Morgan fingerprint density at radius 1 is 1.27 bits per heavy atom. The molecule has 0 saturated carbocycles. The lowest BCUT2D eigenvalue weighted by molar-refractivity contribution is -0.117. The molecular weight excluding hydrogens is 368 g/mol. The van der Waals surface area contributed by atoms with Crippen molar-refractivity contribution in [1.82, 2.24) is 15.1 Å². The second-order valence-corrected chi connectivity index (χ2v) is 7.51. The summed E-state index contributed by atoms with van der Waals surface area (Å²) in [4.78, 5) is 24.8. The predicted molar refractivity (Wildman–Crippen MR) is 90.2 cm³/mol. The predicted octanol–water partition coefficient (Wildman–Crippen LogP) is 3.05. The molecule has 6 nitrogen and oxygen atoms in total. The fourth-order valence-electron chi connectivity index (χ4n) is 1.83. The molecule has 8 heteroatoms. The van der Waals surface area contributed by atoms with Crippen LogP contribution < -0.4 is 10.6 Å². The summed E-state index contributed by atoms with van der Waals surface area (Å²) < 4.78 is 2.58. The van der Waals surface area contributed by atoms with Crippen LogP contribution in [0.15, 0.2) is 28.2 Å². The number of carbonyl (C=O) groups is 2. The molecule has 1 atom stereocenters. The number of rotatable bonds is 5. The third kappa shape index (κ3) is 3.95. The van der Waals surface area contributed by atoms with E-state index in [0.717, 1.165) is 3.79 Å². The van der Waals surface area contributed by atoms with Crippen LogP contribution in [0, 0.1) is 0 Å². The van der Waals surface area contributed by atoms with Crippen LogP contribution in [0.5, 0.6) is 0 Å². The zero-order valence-corrected chi connectivity index (χ0v) is 14.9. The maximum atomic E-state index is 12.2. The van der Waals surface area contributed by atoms with E-state index in [4.69, 9.17) is 0 Å². The Kier molecular flexibility index (Phi) is 5.36. The number of nitrogens with one attached hydrogen (secondary N) is 2. The van der Waals surface area contributed by atoms with E-state index >= 15 is 0 Å². The Balaban J connectivity index is 1.97. The summed E-state index contributed by atoms with van der Waals surface area (Å²) in [5.41, 5.74) is 0. The zero-order valence-electron chi connectivity index (χ0n) is 12.5. The van der Waals surface area contributed by atoms with Crippen molar-refractivity contribution >= 4 is 44.9 Å². The average molecular weight is 385 g/mol. The van der Waals surface area contributed by atoms with Crippen LogP contribution in [0.4, 0.5) is 5.82 Å². The number of aromatic nitrogens is 2. The molecule has 2 aromatic heterocycles.